The van der Waals surface area contributed by atoms with Crippen molar-refractivity contribution in [1.29, 1.82) is 0 Å². The summed E-state index contributed by atoms with van der Waals surface area (Å²) in [5.41, 5.74) is 6.34. The molecule has 0 aliphatic rings. The third kappa shape index (κ3) is 4.51. The molecular weight excluding hydrogens is 280 g/mol. The van der Waals surface area contributed by atoms with Crippen molar-refractivity contribution in [3.05, 3.63) is 28.8 Å². The molecule has 0 fully saturated rings. The van der Waals surface area contributed by atoms with Crippen LogP contribution in [0.1, 0.15) is 36.5 Å². The Morgan fingerprint density at radius 3 is 2.75 bits per heavy atom. The van der Waals surface area contributed by atoms with Crippen LogP contribution in [0, 0.1) is 0 Å². The number of nitrogens with one attached hydrogen (secondary N) is 1. The zero-order chi connectivity index (χ0) is 15.1. The normalized spacial score (nSPS) is 11.8. The Morgan fingerprint density at radius 2 is 2.15 bits per heavy atom. The molecule has 1 amide bonds. The molecule has 1 aromatic rings. The van der Waals surface area contributed by atoms with Crippen LogP contribution in [0.25, 0.3) is 0 Å². The maximum Gasteiger partial charge on any atom is 0.340 e. The molecule has 110 valence electrons. The molecule has 0 radical (unpaired) electrons. The molecule has 0 spiro atoms. The minimum atomic E-state index is -0.601. The summed E-state index contributed by atoms with van der Waals surface area (Å²) < 4.78 is 4.66. The van der Waals surface area contributed by atoms with Crippen molar-refractivity contribution in [1.82, 2.24) is 0 Å². The molecule has 0 saturated carbocycles. The number of carbonyl (C=O) groups excluding carboxylic acids is 2. The minimum Gasteiger partial charge on any atom is -0.465 e. The van der Waals surface area contributed by atoms with E-state index in [-0.39, 0.29) is 11.5 Å². The van der Waals surface area contributed by atoms with Crippen LogP contribution >= 0.6 is 11.6 Å². The molecule has 0 aliphatic carbocycles. The van der Waals surface area contributed by atoms with Gasteiger partial charge >= 0.3 is 5.97 Å². The van der Waals surface area contributed by atoms with Crippen LogP contribution in [0.3, 0.4) is 0 Å². The number of benzene rings is 1. The van der Waals surface area contributed by atoms with Gasteiger partial charge in [0.2, 0.25) is 5.91 Å². The number of unbranched alkanes of at least 4 members (excludes halogenated alkanes) is 1. The van der Waals surface area contributed by atoms with Gasteiger partial charge in [0, 0.05) is 5.02 Å². The van der Waals surface area contributed by atoms with E-state index in [2.05, 4.69) is 10.1 Å². The molecule has 1 atom stereocenters. The number of nitrogens with two attached hydrogens (primary N) is 1. The van der Waals surface area contributed by atoms with E-state index in [0.29, 0.717) is 17.1 Å². The van der Waals surface area contributed by atoms with Gasteiger partial charge in [-0.05, 0) is 24.6 Å². The molecular formula is C14H19ClN2O3. The molecule has 1 aromatic carbocycles. The van der Waals surface area contributed by atoms with E-state index in [1.807, 2.05) is 6.92 Å². The second kappa shape index (κ2) is 7.87. The van der Waals surface area contributed by atoms with Crippen LogP contribution in [0.4, 0.5) is 5.69 Å². The summed E-state index contributed by atoms with van der Waals surface area (Å²) in [7, 11) is 1.27. The highest BCUT2D eigenvalue weighted by atomic mass is 35.5. The second-order valence-electron chi connectivity index (χ2n) is 4.42. The first kappa shape index (κ1) is 16.5. The van der Waals surface area contributed by atoms with Gasteiger partial charge in [0.15, 0.2) is 0 Å². The smallest absolute Gasteiger partial charge is 0.340 e. The number of anilines is 1. The minimum absolute atomic E-state index is 0.205. The first-order valence-electron chi connectivity index (χ1n) is 6.44. The Hall–Kier alpha value is -1.59. The highest BCUT2D eigenvalue weighted by Crippen LogP contribution is 2.21. The predicted molar refractivity (Wildman–Crippen MR) is 78.9 cm³/mol. The van der Waals surface area contributed by atoms with Crippen molar-refractivity contribution in [2.45, 2.75) is 32.2 Å². The van der Waals surface area contributed by atoms with E-state index in [0.717, 1.165) is 12.8 Å². The van der Waals surface area contributed by atoms with Crippen LogP contribution in [0.2, 0.25) is 5.02 Å². The number of rotatable bonds is 6. The second-order valence-corrected chi connectivity index (χ2v) is 4.86. The van der Waals surface area contributed by atoms with E-state index in [1.165, 1.54) is 13.2 Å². The van der Waals surface area contributed by atoms with E-state index in [9.17, 15) is 9.59 Å². The first-order chi connectivity index (χ1) is 9.49. The topological polar surface area (TPSA) is 81.4 Å². The van der Waals surface area contributed by atoms with E-state index >= 15 is 0 Å². The Morgan fingerprint density at radius 1 is 1.45 bits per heavy atom. The van der Waals surface area contributed by atoms with Crippen LogP contribution in [0.15, 0.2) is 18.2 Å². The summed E-state index contributed by atoms with van der Waals surface area (Å²) in [5, 5.41) is 3.03. The maximum absolute atomic E-state index is 11.9. The lowest BCUT2D eigenvalue weighted by atomic mass is 10.1. The van der Waals surface area contributed by atoms with Crippen molar-refractivity contribution in [3.8, 4) is 0 Å². The summed E-state index contributed by atoms with van der Waals surface area (Å²) in [6.07, 6.45) is 2.44. The Bertz CT molecular complexity index is 491. The third-order valence-corrected chi connectivity index (χ3v) is 3.09. The Kier molecular flexibility index (Phi) is 6.48. The summed E-state index contributed by atoms with van der Waals surface area (Å²) in [6, 6.07) is 3.98. The number of halogens is 1. The van der Waals surface area contributed by atoms with Crippen molar-refractivity contribution < 1.29 is 14.3 Å². The number of hydrogen-bond acceptors (Lipinski definition) is 4. The molecule has 6 heteroatoms. The Labute approximate surface area is 123 Å². The van der Waals surface area contributed by atoms with Gasteiger partial charge in [0.25, 0.3) is 0 Å². The van der Waals surface area contributed by atoms with Gasteiger partial charge < -0.3 is 15.8 Å². The molecule has 0 aliphatic heterocycles. The van der Waals surface area contributed by atoms with Crippen molar-refractivity contribution >= 4 is 29.2 Å². The van der Waals surface area contributed by atoms with Gasteiger partial charge in [-0.25, -0.2) is 4.79 Å². The zero-order valence-corrected chi connectivity index (χ0v) is 12.4. The fourth-order valence-corrected chi connectivity index (χ4v) is 1.86. The molecule has 1 rings (SSSR count). The predicted octanol–water partition coefficient (Wildman–Crippen LogP) is 2.58. The fourth-order valence-electron chi connectivity index (χ4n) is 1.68. The molecule has 20 heavy (non-hydrogen) atoms. The highest BCUT2D eigenvalue weighted by molar-refractivity contribution is 6.31. The summed E-state index contributed by atoms with van der Waals surface area (Å²) in [4.78, 5) is 23.6. The van der Waals surface area contributed by atoms with Gasteiger partial charge in [0.1, 0.15) is 0 Å². The lowest BCUT2D eigenvalue weighted by Crippen LogP contribution is -2.35. The zero-order valence-electron chi connectivity index (χ0n) is 11.6. The fraction of sp³-hybridized carbons (Fsp3) is 0.429. The van der Waals surface area contributed by atoms with E-state index in [1.54, 1.807) is 12.1 Å². The number of esters is 1. The average Bonchev–Trinajstić information content (AvgIpc) is 2.45. The van der Waals surface area contributed by atoms with Gasteiger partial charge in [-0.1, -0.05) is 31.4 Å². The van der Waals surface area contributed by atoms with Crippen molar-refractivity contribution in [2.24, 2.45) is 5.73 Å². The van der Waals surface area contributed by atoms with Gasteiger partial charge in [-0.3, -0.25) is 4.79 Å². The molecule has 0 heterocycles. The third-order valence-electron chi connectivity index (χ3n) is 2.85. The molecule has 5 nitrogen and oxygen atoms in total. The standard InChI is InChI=1S/C14H19ClN2O3/c1-3-4-5-11(16)13(18)17-12-7-6-9(15)8-10(12)14(19)20-2/h6-8,11H,3-5,16H2,1-2H3,(H,17,18)/t11-/m0/s1. The van der Waals surface area contributed by atoms with Crippen LogP contribution in [-0.4, -0.2) is 25.0 Å². The van der Waals surface area contributed by atoms with Crippen LogP contribution in [-0.2, 0) is 9.53 Å². The monoisotopic (exact) mass is 298 g/mol. The lowest BCUT2D eigenvalue weighted by molar-refractivity contribution is -0.117. The largest absolute Gasteiger partial charge is 0.465 e. The SMILES string of the molecule is CCCC[C@H](N)C(=O)Nc1ccc(Cl)cc1C(=O)OC. The first-order valence-corrected chi connectivity index (χ1v) is 6.81. The van der Waals surface area contributed by atoms with Crippen molar-refractivity contribution in [2.75, 3.05) is 12.4 Å². The Balaban J connectivity index is 2.86. The van der Waals surface area contributed by atoms with Gasteiger partial charge in [-0.15, -0.1) is 0 Å². The molecule has 3 N–H and O–H groups in total. The number of carbonyl (C=O) groups is 2. The average molecular weight is 299 g/mol. The van der Waals surface area contributed by atoms with Gasteiger partial charge in [0.05, 0.1) is 24.4 Å². The van der Waals surface area contributed by atoms with E-state index < -0.39 is 12.0 Å². The summed E-state index contributed by atoms with van der Waals surface area (Å²) in [6.45, 7) is 2.03. The van der Waals surface area contributed by atoms with Crippen LogP contribution < -0.4 is 11.1 Å². The highest BCUT2D eigenvalue weighted by Gasteiger charge is 2.18. The molecule has 0 saturated heterocycles. The lowest BCUT2D eigenvalue weighted by Gasteiger charge is -2.14. The van der Waals surface area contributed by atoms with E-state index in [4.69, 9.17) is 17.3 Å². The van der Waals surface area contributed by atoms with Crippen LogP contribution in [0.5, 0.6) is 0 Å². The number of hydrogen-bond donors (Lipinski definition) is 2. The molecule has 0 unspecified atom stereocenters. The molecule has 0 aromatic heterocycles. The number of methoxy groups -OCH3 is 1. The number of ether oxygens (including phenoxy) is 1. The summed E-state index contributed by atoms with van der Waals surface area (Å²) in [5.74, 6) is -0.893. The maximum atomic E-state index is 11.9. The number of amides is 1. The quantitative estimate of drug-likeness (QED) is 0.791. The van der Waals surface area contributed by atoms with Gasteiger partial charge in [-0.2, -0.15) is 0 Å². The van der Waals surface area contributed by atoms with Crippen molar-refractivity contribution in [3.63, 3.8) is 0 Å². The summed E-state index contributed by atoms with van der Waals surface area (Å²) >= 11 is 5.84. The molecule has 0 bridgehead atoms.